The van der Waals surface area contributed by atoms with Crippen molar-refractivity contribution >= 4 is 5.97 Å². The molecule has 0 amide bonds. The van der Waals surface area contributed by atoms with Crippen molar-refractivity contribution in [1.29, 1.82) is 0 Å². The second-order valence-corrected chi connectivity index (χ2v) is 3.69. The van der Waals surface area contributed by atoms with Crippen LogP contribution in [0, 0.1) is 5.82 Å². The molecule has 0 spiro atoms. The normalized spacial score (nSPS) is 10.3. The number of carboxylic acid groups (broad SMARTS) is 1. The maximum Gasteiger partial charge on any atom is 0.325 e. The number of hydrogen-bond acceptors (Lipinski definition) is 3. The van der Waals surface area contributed by atoms with Crippen molar-refractivity contribution in [1.82, 2.24) is 9.78 Å². The zero-order valence-electron chi connectivity index (χ0n) is 9.41. The van der Waals surface area contributed by atoms with E-state index in [4.69, 9.17) is 9.84 Å². The fraction of sp³-hybridized carbons (Fsp3) is 0.167. The Balaban J connectivity index is 1.94. The van der Waals surface area contributed by atoms with Crippen LogP contribution in [-0.2, 0) is 17.9 Å². The Morgan fingerprint density at radius 1 is 1.50 bits per heavy atom. The highest BCUT2D eigenvalue weighted by atomic mass is 19.1. The molecule has 0 bridgehead atoms. The van der Waals surface area contributed by atoms with Crippen molar-refractivity contribution in [3.05, 3.63) is 48.0 Å². The molecule has 0 aliphatic carbocycles. The number of ether oxygens (including phenoxy) is 1. The fourth-order valence-corrected chi connectivity index (χ4v) is 1.44. The minimum absolute atomic E-state index is 0.205. The van der Waals surface area contributed by atoms with Gasteiger partial charge >= 0.3 is 5.97 Å². The second kappa shape index (κ2) is 5.31. The minimum atomic E-state index is -0.977. The summed E-state index contributed by atoms with van der Waals surface area (Å²) in [5, 5.41) is 12.4. The number of aliphatic carboxylic acids is 1. The van der Waals surface area contributed by atoms with E-state index in [0.29, 0.717) is 11.3 Å². The van der Waals surface area contributed by atoms with Crippen molar-refractivity contribution in [3.63, 3.8) is 0 Å². The summed E-state index contributed by atoms with van der Waals surface area (Å²) in [6, 6.07) is 6.07. The lowest BCUT2D eigenvalue weighted by Gasteiger charge is -2.03. The molecule has 2 rings (SSSR count). The number of carbonyl (C=O) groups is 1. The lowest BCUT2D eigenvalue weighted by atomic mass is 10.2. The van der Waals surface area contributed by atoms with Crippen LogP contribution in [0.3, 0.4) is 0 Å². The highest BCUT2D eigenvalue weighted by molar-refractivity contribution is 5.66. The molecule has 18 heavy (non-hydrogen) atoms. The summed E-state index contributed by atoms with van der Waals surface area (Å²) in [6.45, 7) is -0.0140. The summed E-state index contributed by atoms with van der Waals surface area (Å²) in [5.74, 6) is -0.854. The number of benzene rings is 1. The second-order valence-electron chi connectivity index (χ2n) is 3.69. The van der Waals surface area contributed by atoms with E-state index in [1.165, 1.54) is 29.2 Å². The van der Waals surface area contributed by atoms with Crippen LogP contribution in [0.25, 0.3) is 0 Å². The first-order chi connectivity index (χ1) is 8.63. The van der Waals surface area contributed by atoms with Crippen LogP contribution in [0.15, 0.2) is 36.7 Å². The van der Waals surface area contributed by atoms with Crippen LogP contribution in [0.4, 0.5) is 4.39 Å². The van der Waals surface area contributed by atoms with Gasteiger partial charge in [-0.2, -0.15) is 5.10 Å². The van der Waals surface area contributed by atoms with E-state index in [1.54, 1.807) is 12.1 Å². The summed E-state index contributed by atoms with van der Waals surface area (Å²) >= 11 is 0. The summed E-state index contributed by atoms with van der Waals surface area (Å²) in [4.78, 5) is 10.5. The third-order valence-corrected chi connectivity index (χ3v) is 2.20. The summed E-state index contributed by atoms with van der Waals surface area (Å²) in [7, 11) is 0. The molecule has 0 unspecified atom stereocenters. The van der Waals surface area contributed by atoms with Crippen molar-refractivity contribution in [2.45, 2.75) is 13.2 Å². The van der Waals surface area contributed by atoms with Gasteiger partial charge in [-0.15, -0.1) is 0 Å². The average Bonchev–Trinajstić information content (AvgIpc) is 2.73. The van der Waals surface area contributed by atoms with Gasteiger partial charge in [-0.1, -0.05) is 12.1 Å². The van der Waals surface area contributed by atoms with E-state index in [9.17, 15) is 9.18 Å². The zero-order chi connectivity index (χ0) is 13.0. The largest absolute Gasteiger partial charge is 0.486 e. The molecule has 0 aliphatic heterocycles. The highest BCUT2D eigenvalue weighted by Crippen LogP contribution is 2.12. The number of nitrogens with zero attached hydrogens (tertiary/aromatic N) is 2. The zero-order valence-corrected chi connectivity index (χ0v) is 9.41. The number of aromatic nitrogens is 2. The van der Waals surface area contributed by atoms with E-state index < -0.39 is 5.97 Å². The van der Waals surface area contributed by atoms with Crippen LogP contribution < -0.4 is 4.74 Å². The van der Waals surface area contributed by atoms with Gasteiger partial charge in [0.2, 0.25) is 0 Å². The molecule has 0 aliphatic rings. The minimum Gasteiger partial charge on any atom is -0.486 e. The Morgan fingerprint density at radius 3 is 3.06 bits per heavy atom. The third-order valence-electron chi connectivity index (χ3n) is 2.20. The molecule has 1 aromatic heterocycles. The predicted molar refractivity (Wildman–Crippen MR) is 60.6 cm³/mol. The van der Waals surface area contributed by atoms with Crippen molar-refractivity contribution < 1.29 is 19.0 Å². The molecular formula is C12H11FN2O3. The molecule has 5 nitrogen and oxygen atoms in total. The Kier molecular flexibility index (Phi) is 3.57. The van der Waals surface area contributed by atoms with Crippen LogP contribution in [0.1, 0.15) is 5.56 Å². The maximum absolute atomic E-state index is 12.9. The van der Waals surface area contributed by atoms with Gasteiger partial charge in [0.1, 0.15) is 19.0 Å². The van der Waals surface area contributed by atoms with Crippen LogP contribution in [-0.4, -0.2) is 20.9 Å². The average molecular weight is 250 g/mol. The highest BCUT2D eigenvalue weighted by Gasteiger charge is 2.03. The lowest BCUT2D eigenvalue weighted by molar-refractivity contribution is -0.137. The van der Waals surface area contributed by atoms with Crippen molar-refractivity contribution in [2.75, 3.05) is 0 Å². The molecule has 94 valence electrons. The topological polar surface area (TPSA) is 64.3 Å². The van der Waals surface area contributed by atoms with Crippen LogP contribution in [0.2, 0.25) is 0 Å². The van der Waals surface area contributed by atoms with Gasteiger partial charge in [-0.3, -0.25) is 9.48 Å². The molecule has 0 atom stereocenters. The molecule has 2 aromatic rings. The SMILES string of the molecule is O=C(O)Cn1cc(OCc2cccc(F)c2)cn1. The van der Waals surface area contributed by atoms with Gasteiger partial charge in [0.15, 0.2) is 5.75 Å². The Bertz CT molecular complexity index is 554. The first-order valence-corrected chi connectivity index (χ1v) is 5.25. The van der Waals surface area contributed by atoms with Crippen molar-refractivity contribution in [2.24, 2.45) is 0 Å². The van der Waals surface area contributed by atoms with E-state index in [-0.39, 0.29) is 19.0 Å². The van der Waals surface area contributed by atoms with E-state index in [1.807, 2.05) is 0 Å². The van der Waals surface area contributed by atoms with E-state index in [0.717, 1.165) is 0 Å². The molecule has 1 heterocycles. The number of halogens is 1. The van der Waals surface area contributed by atoms with Gasteiger partial charge in [0.05, 0.1) is 12.4 Å². The van der Waals surface area contributed by atoms with Gasteiger partial charge in [0, 0.05) is 0 Å². The van der Waals surface area contributed by atoms with E-state index >= 15 is 0 Å². The molecule has 0 saturated heterocycles. The molecule has 1 N–H and O–H groups in total. The molecule has 0 fully saturated rings. The number of hydrogen-bond donors (Lipinski definition) is 1. The first-order valence-electron chi connectivity index (χ1n) is 5.25. The van der Waals surface area contributed by atoms with Gasteiger partial charge in [-0.25, -0.2) is 4.39 Å². The van der Waals surface area contributed by atoms with Gasteiger partial charge in [0.25, 0.3) is 0 Å². The van der Waals surface area contributed by atoms with Crippen LogP contribution in [0.5, 0.6) is 5.75 Å². The smallest absolute Gasteiger partial charge is 0.325 e. The lowest BCUT2D eigenvalue weighted by Crippen LogP contribution is -2.08. The van der Waals surface area contributed by atoms with Crippen LogP contribution >= 0.6 is 0 Å². The quantitative estimate of drug-likeness (QED) is 0.877. The van der Waals surface area contributed by atoms with Crippen molar-refractivity contribution in [3.8, 4) is 5.75 Å². The Hall–Kier alpha value is -2.37. The molecular weight excluding hydrogens is 239 g/mol. The Morgan fingerprint density at radius 2 is 2.33 bits per heavy atom. The van der Waals surface area contributed by atoms with Gasteiger partial charge in [-0.05, 0) is 17.7 Å². The predicted octanol–water partition coefficient (Wildman–Crippen LogP) is 1.69. The molecule has 0 radical (unpaired) electrons. The fourth-order valence-electron chi connectivity index (χ4n) is 1.44. The standard InChI is InChI=1S/C12H11FN2O3/c13-10-3-1-2-9(4-10)8-18-11-5-14-15(6-11)7-12(16)17/h1-6H,7-8H2,(H,16,17). The Labute approximate surface area is 102 Å². The number of carboxylic acids is 1. The van der Waals surface area contributed by atoms with Gasteiger partial charge < -0.3 is 9.84 Å². The maximum atomic E-state index is 12.9. The summed E-state index contributed by atoms with van der Waals surface area (Å²) in [6.07, 6.45) is 2.90. The first kappa shape index (κ1) is 12.1. The molecule has 6 heteroatoms. The molecule has 0 saturated carbocycles. The molecule has 1 aromatic carbocycles. The van der Waals surface area contributed by atoms with E-state index in [2.05, 4.69) is 5.10 Å². The number of rotatable bonds is 5. The monoisotopic (exact) mass is 250 g/mol. The summed E-state index contributed by atoms with van der Waals surface area (Å²) < 4.78 is 19.5. The summed E-state index contributed by atoms with van der Waals surface area (Å²) in [5.41, 5.74) is 0.695. The third kappa shape index (κ3) is 3.31.